The summed E-state index contributed by atoms with van der Waals surface area (Å²) in [5.41, 5.74) is 1.25. The summed E-state index contributed by atoms with van der Waals surface area (Å²) in [5.74, 6) is -2.55. The van der Waals surface area contributed by atoms with Gasteiger partial charge in [-0.15, -0.1) is 0 Å². The predicted octanol–water partition coefficient (Wildman–Crippen LogP) is 5.77. The van der Waals surface area contributed by atoms with E-state index in [9.17, 15) is 18.8 Å². The Bertz CT molecular complexity index is 1330. The van der Waals surface area contributed by atoms with Gasteiger partial charge in [0.25, 0.3) is 17.7 Å². The van der Waals surface area contributed by atoms with E-state index in [2.05, 4.69) is 33.2 Å². The molecule has 0 unspecified atom stereocenters. The van der Waals surface area contributed by atoms with Crippen LogP contribution in [0.4, 0.5) is 21.5 Å². The van der Waals surface area contributed by atoms with Gasteiger partial charge in [0, 0.05) is 20.5 Å². The lowest BCUT2D eigenvalue weighted by molar-refractivity contribution is -0.120. The minimum Gasteiger partial charge on any atom is -0.350 e. The topological polar surface area (TPSA) is 78.5 Å². The molecule has 0 radical (unpaired) electrons. The van der Waals surface area contributed by atoms with Gasteiger partial charge in [-0.25, -0.2) is 9.29 Å². The number of hydrogen-bond acceptors (Lipinski definition) is 4. The maximum absolute atomic E-state index is 13.5. The van der Waals surface area contributed by atoms with Gasteiger partial charge in [0.05, 0.1) is 10.7 Å². The number of hydrogen-bond donors (Lipinski definition) is 2. The van der Waals surface area contributed by atoms with Crippen LogP contribution >= 0.6 is 45.8 Å². The van der Waals surface area contributed by atoms with Crippen LogP contribution in [0.3, 0.4) is 0 Å². The first kappa shape index (κ1) is 23.2. The number of carbonyl (C=O) groups excluding carboxylic acids is 3. The highest BCUT2D eigenvalue weighted by Crippen LogP contribution is 2.32. The average molecular weight is 596 g/mol. The highest BCUT2D eigenvalue weighted by Gasteiger charge is 2.39. The van der Waals surface area contributed by atoms with E-state index >= 15 is 0 Å². The first-order chi connectivity index (χ1) is 15.7. The summed E-state index contributed by atoms with van der Waals surface area (Å²) < 4.78 is 14.5. The molecule has 33 heavy (non-hydrogen) atoms. The van der Waals surface area contributed by atoms with Gasteiger partial charge in [-0.2, -0.15) is 0 Å². The monoisotopic (exact) mass is 595 g/mol. The highest BCUT2D eigenvalue weighted by molar-refractivity contribution is 14.1. The van der Waals surface area contributed by atoms with Gasteiger partial charge in [-0.05, 0) is 83.3 Å². The molecule has 1 aliphatic heterocycles. The fraction of sp³-hybridized carbons (Fsp3) is 0. The molecule has 3 aromatic carbocycles. The van der Waals surface area contributed by atoms with Gasteiger partial charge < -0.3 is 10.6 Å². The van der Waals surface area contributed by atoms with Crippen molar-refractivity contribution in [3.8, 4) is 0 Å². The highest BCUT2D eigenvalue weighted by atomic mass is 127. The third-order valence-electron chi connectivity index (χ3n) is 4.68. The second-order valence-electron chi connectivity index (χ2n) is 6.90. The summed E-state index contributed by atoms with van der Waals surface area (Å²) >= 11 is 14.1. The van der Waals surface area contributed by atoms with E-state index < -0.39 is 17.6 Å². The Labute approximate surface area is 211 Å². The zero-order valence-electron chi connectivity index (χ0n) is 16.5. The summed E-state index contributed by atoms with van der Waals surface area (Å²) in [5, 5.41) is 5.02. The molecule has 10 heteroatoms. The molecule has 0 fully saturated rings. The smallest absolute Gasteiger partial charge is 0.283 e. The molecular weight excluding hydrogens is 583 g/mol. The molecule has 0 aromatic heterocycles. The van der Waals surface area contributed by atoms with Crippen molar-refractivity contribution in [3.63, 3.8) is 0 Å². The van der Waals surface area contributed by atoms with E-state index in [-0.39, 0.29) is 27.3 Å². The first-order valence-electron chi connectivity index (χ1n) is 9.42. The molecule has 0 spiro atoms. The van der Waals surface area contributed by atoms with E-state index in [1.807, 2.05) is 12.1 Å². The maximum atomic E-state index is 13.5. The number of nitrogens with one attached hydrogen (secondary N) is 2. The molecule has 3 aromatic rings. The van der Waals surface area contributed by atoms with Gasteiger partial charge in [-0.1, -0.05) is 29.3 Å². The molecular formula is C23H13Cl2FIN3O3. The van der Waals surface area contributed by atoms with Crippen LogP contribution in [0.5, 0.6) is 0 Å². The Morgan fingerprint density at radius 2 is 1.64 bits per heavy atom. The van der Waals surface area contributed by atoms with Crippen LogP contribution < -0.4 is 15.5 Å². The number of rotatable bonds is 5. The molecule has 0 saturated heterocycles. The largest absolute Gasteiger partial charge is 0.350 e. The van der Waals surface area contributed by atoms with Gasteiger partial charge in [0.1, 0.15) is 16.5 Å². The summed E-state index contributed by atoms with van der Waals surface area (Å²) in [6.07, 6.45) is 0. The molecule has 2 N–H and O–H groups in total. The van der Waals surface area contributed by atoms with Crippen LogP contribution in [0.1, 0.15) is 10.4 Å². The van der Waals surface area contributed by atoms with Crippen molar-refractivity contribution in [2.75, 3.05) is 15.5 Å². The number of carbonyl (C=O) groups is 3. The SMILES string of the molecule is O=C(Nc1ccc(I)cc1)c1cccc(NC2=C(Cl)C(=O)N(c3ccc(F)c(Cl)c3)C2=O)c1. The number of amides is 3. The van der Waals surface area contributed by atoms with Crippen LogP contribution in [-0.2, 0) is 9.59 Å². The number of nitrogens with zero attached hydrogens (tertiary/aromatic N) is 1. The molecule has 0 saturated carbocycles. The molecule has 0 aliphatic carbocycles. The van der Waals surface area contributed by atoms with Crippen molar-refractivity contribution < 1.29 is 18.8 Å². The van der Waals surface area contributed by atoms with E-state index in [0.29, 0.717) is 16.9 Å². The second-order valence-corrected chi connectivity index (χ2v) is 8.93. The lowest BCUT2D eigenvalue weighted by Gasteiger charge is -2.15. The third-order valence-corrected chi connectivity index (χ3v) is 6.04. The van der Waals surface area contributed by atoms with Crippen LogP contribution in [0.2, 0.25) is 5.02 Å². The van der Waals surface area contributed by atoms with Crippen LogP contribution in [0.25, 0.3) is 0 Å². The summed E-state index contributed by atoms with van der Waals surface area (Å²) in [7, 11) is 0. The molecule has 1 aliphatic rings. The summed E-state index contributed by atoms with van der Waals surface area (Å²) in [6.45, 7) is 0. The fourth-order valence-corrected chi connectivity index (χ4v) is 3.84. The summed E-state index contributed by atoms with van der Waals surface area (Å²) in [4.78, 5) is 38.9. The molecule has 6 nitrogen and oxygen atoms in total. The molecule has 4 rings (SSSR count). The number of imide groups is 1. The van der Waals surface area contributed by atoms with Crippen LogP contribution in [0, 0.1) is 9.39 Å². The Hall–Kier alpha value is -2.95. The lowest BCUT2D eigenvalue weighted by Crippen LogP contribution is -2.32. The van der Waals surface area contributed by atoms with Crippen LogP contribution in [-0.4, -0.2) is 17.7 Å². The van der Waals surface area contributed by atoms with E-state index in [4.69, 9.17) is 23.2 Å². The molecule has 0 bridgehead atoms. The lowest BCUT2D eigenvalue weighted by atomic mass is 10.1. The number of halogens is 4. The van der Waals surface area contributed by atoms with Gasteiger partial charge >= 0.3 is 0 Å². The van der Waals surface area contributed by atoms with E-state index in [1.165, 1.54) is 12.1 Å². The quantitative estimate of drug-likeness (QED) is 0.290. The standard InChI is InChI=1S/C23H13Cl2FIN3O3/c24-17-11-16(8-9-18(17)26)30-22(32)19(25)20(23(30)33)28-15-3-1-2-12(10-15)21(31)29-14-6-4-13(27)5-7-14/h1-11,28H,(H,29,31). The summed E-state index contributed by atoms with van der Waals surface area (Å²) in [6, 6.07) is 17.1. The fourth-order valence-electron chi connectivity index (χ4n) is 3.09. The van der Waals surface area contributed by atoms with Crippen molar-refractivity contribution >= 4 is 80.6 Å². The normalized spacial score (nSPS) is 13.5. The van der Waals surface area contributed by atoms with Crippen molar-refractivity contribution in [1.29, 1.82) is 0 Å². The van der Waals surface area contributed by atoms with Crippen molar-refractivity contribution in [2.45, 2.75) is 0 Å². The van der Waals surface area contributed by atoms with Crippen molar-refractivity contribution in [1.82, 2.24) is 0 Å². The van der Waals surface area contributed by atoms with Crippen molar-refractivity contribution in [2.24, 2.45) is 0 Å². The number of anilines is 3. The first-order valence-corrected chi connectivity index (χ1v) is 11.3. The zero-order valence-corrected chi connectivity index (χ0v) is 20.2. The Morgan fingerprint density at radius 3 is 2.33 bits per heavy atom. The van der Waals surface area contributed by atoms with Gasteiger partial charge in [0.15, 0.2) is 0 Å². The minimum atomic E-state index is -0.778. The van der Waals surface area contributed by atoms with Crippen molar-refractivity contribution in [3.05, 3.63) is 97.4 Å². The van der Waals surface area contributed by atoms with Gasteiger partial charge in [-0.3, -0.25) is 14.4 Å². The maximum Gasteiger partial charge on any atom is 0.283 e. The Balaban J connectivity index is 1.54. The Kier molecular flexibility index (Phi) is 6.68. The van der Waals surface area contributed by atoms with E-state index in [0.717, 1.165) is 20.6 Å². The van der Waals surface area contributed by atoms with Crippen LogP contribution in [0.15, 0.2) is 77.5 Å². The third kappa shape index (κ3) is 4.87. The predicted molar refractivity (Wildman–Crippen MR) is 134 cm³/mol. The molecule has 3 amide bonds. The molecule has 166 valence electrons. The van der Waals surface area contributed by atoms with Gasteiger partial charge in [0.2, 0.25) is 0 Å². The molecule has 0 atom stereocenters. The molecule has 1 heterocycles. The number of benzene rings is 3. The second kappa shape index (κ2) is 9.50. The zero-order chi connectivity index (χ0) is 23.7. The minimum absolute atomic E-state index is 0.0806. The average Bonchev–Trinajstić information content (AvgIpc) is 3.00. The Morgan fingerprint density at radius 1 is 0.909 bits per heavy atom. The van der Waals surface area contributed by atoms with E-state index in [1.54, 1.807) is 30.3 Å².